The van der Waals surface area contributed by atoms with Gasteiger partial charge in [0.05, 0.1) is 11.4 Å². The summed E-state index contributed by atoms with van der Waals surface area (Å²) in [6.45, 7) is 4.46. The van der Waals surface area contributed by atoms with Gasteiger partial charge in [-0.05, 0) is 13.8 Å². The van der Waals surface area contributed by atoms with Crippen LogP contribution in [0.3, 0.4) is 0 Å². The Morgan fingerprint density at radius 3 is 2.64 bits per heavy atom. The molecule has 0 unspecified atom stereocenters. The molecular formula is C9H15N3OS. The Kier molecular flexibility index (Phi) is 3.57. The van der Waals surface area contributed by atoms with E-state index in [4.69, 9.17) is 0 Å². The van der Waals surface area contributed by atoms with Crippen LogP contribution in [0.2, 0.25) is 0 Å². The number of hydrogen-bond acceptors (Lipinski definition) is 3. The van der Waals surface area contributed by atoms with Crippen molar-refractivity contribution in [3.8, 4) is 0 Å². The quantitative estimate of drug-likeness (QED) is 0.722. The lowest BCUT2D eigenvalue weighted by atomic mass is 10.2. The standard InChI is InChI=1S/C9H15N3OS/c1-6-8(4-10-9(13)5-14)7(2)12(3)11-6/h14H,4-5H2,1-3H3,(H,10,13). The van der Waals surface area contributed by atoms with Crippen LogP contribution in [0.5, 0.6) is 0 Å². The molecule has 1 aromatic heterocycles. The minimum Gasteiger partial charge on any atom is -0.351 e. The highest BCUT2D eigenvalue weighted by atomic mass is 32.1. The summed E-state index contributed by atoms with van der Waals surface area (Å²) in [4.78, 5) is 11.0. The van der Waals surface area contributed by atoms with Gasteiger partial charge in [-0.2, -0.15) is 17.7 Å². The summed E-state index contributed by atoms with van der Waals surface area (Å²) < 4.78 is 1.82. The van der Waals surface area contributed by atoms with Crippen molar-refractivity contribution in [1.82, 2.24) is 15.1 Å². The summed E-state index contributed by atoms with van der Waals surface area (Å²) in [5.41, 5.74) is 3.13. The van der Waals surface area contributed by atoms with Crippen LogP contribution in [0.15, 0.2) is 0 Å². The van der Waals surface area contributed by atoms with E-state index >= 15 is 0 Å². The van der Waals surface area contributed by atoms with Gasteiger partial charge in [-0.1, -0.05) is 0 Å². The molecule has 0 aliphatic heterocycles. The third-order valence-electron chi connectivity index (χ3n) is 2.26. The Bertz CT molecular complexity index is 346. The molecule has 4 nitrogen and oxygen atoms in total. The molecule has 0 fully saturated rings. The summed E-state index contributed by atoms with van der Waals surface area (Å²) in [5, 5.41) is 7.04. The second kappa shape index (κ2) is 4.50. The Hall–Kier alpha value is -0.970. The van der Waals surface area contributed by atoms with Crippen molar-refractivity contribution in [1.29, 1.82) is 0 Å². The molecule has 0 aliphatic carbocycles. The van der Waals surface area contributed by atoms with Gasteiger partial charge in [0.25, 0.3) is 0 Å². The van der Waals surface area contributed by atoms with Crippen molar-refractivity contribution >= 4 is 18.5 Å². The number of rotatable bonds is 3. The molecular weight excluding hydrogens is 198 g/mol. The van der Waals surface area contributed by atoms with Gasteiger partial charge in [0, 0.05) is 24.8 Å². The van der Waals surface area contributed by atoms with Gasteiger partial charge < -0.3 is 5.32 Å². The van der Waals surface area contributed by atoms with Crippen LogP contribution in [-0.2, 0) is 18.4 Å². The summed E-state index contributed by atoms with van der Waals surface area (Å²) in [5.74, 6) is 0.161. The number of hydrogen-bond donors (Lipinski definition) is 2. The lowest BCUT2D eigenvalue weighted by Gasteiger charge is -2.03. The average Bonchev–Trinajstić information content (AvgIpc) is 2.39. The molecule has 14 heavy (non-hydrogen) atoms. The normalized spacial score (nSPS) is 10.3. The van der Waals surface area contributed by atoms with Crippen LogP contribution in [-0.4, -0.2) is 21.4 Å². The molecule has 78 valence electrons. The summed E-state index contributed by atoms with van der Waals surface area (Å²) in [7, 11) is 1.90. The van der Waals surface area contributed by atoms with E-state index in [-0.39, 0.29) is 11.7 Å². The van der Waals surface area contributed by atoms with E-state index < -0.39 is 0 Å². The van der Waals surface area contributed by atoms with E-state index in [9.17, 15) is 4.79 Å². The fourth-order valence-electron chi connectivity index (χ4n) is 1.32. The Morgan fingerprint density at radius 1 is 1.57 bits per heavy atom. The number of nitrogens with one attached hydrogen (secondary N) is 1. The van der Waals surface area contributed by atoms with Crippen LogP contribution >= 0.6 is 12.6 Å². The summed E-state index contributed by atoms with van der Waals surface area (Å²) in [6, 6.07) is 0. The van der Waals surface area contributed by atoms with Crippen molar-refractivity contribution in [3.63, 3.8) is 0 Å². The Labute approximate surface area is 89.1 Å². The third kappa shape index (κ3) is 2.29. The maximum atomic E-state index is 11.0. The molecule has 0 spiro atoms. The number of carbonyl (C=O) groups is 1. The first-order valence-corrected chi connectivity index (χ1v) is 5.06. The second-order valence-corrected chi connectivity index (χ2v) is 3.52. The summed E-state index contributed by atoms with van der Waals surface area (Å²) in [6.07, 6.45) is 0. The predicted octanol–water partition coefficient (Wildman–Crippen LogP) is 0.583. The monoisotopic (exact) mass is 213 g/mol. The van der Waals surface area contributed by atoms with E-state index in [0.717, 1.165) is 17.0 Å². The fraction of sp³-hybridized carbons (Fsp3) is 0.556. The van der Waals surface area contributed by atoms with E-state index in [1.165, 1.54) is 0 Å². The van der Waals surface area contributed by atoms with Crippen molar-refractivity contribution in [2.24, 2.45) is 7.05 Å². The lowest BCUT2D eigenvalue weighted by molar-refractivity contribution is -0.118. The number of amides is 1. The first-order chi connectivity index (χ1) is 6.56. The van der Waals surface area contributed by atoms with Gasteiger partial charge in [0.15, 0.2) is 0 Å². The van der Waals surface area contributed by atoms with E-state index in [1.807, 2.05) is 25.6 Å². The minimum atomic E-state index is -0.0593. The molecule has 0 aliphatic rings. The first-order valence-electron chi connectivity index (χ1n) is 4.43. The van der Waals surface area contributed by atoms with Crippen molar-refractivity contribution in [3.05, 3.63) is 17.0 Å². The molecule has 1 amide bonds. The number of carbonyl (C=O) groups excluding carboxylic acids is 1. The molecule has 0 saturated carbocycles. The first kappa shape index (κ1) is 11.1. The van der Waals surface area contributed by atoms with Crippen LogP contribution < -0.4 is 5.32 Å². The Morgan fingerprint density at radius 2 is 2.21 bits per heavy atom. The van der Waals surface area contributed by atoms with Gasteiger partial charge in [-0.3, -0.25) is 9.48 Å². The van der Waals surface area contributed by atoms with Crippen molar-refractivity contribution in [2.75, 3.05) is 5.75 Å². The molecule has 0 bridgehead atoms. The molecule has 1 N–H and O–H groups in total. The predicted molar refractivity (Wildman–Crippen MR) is 58.4 cm³/mol. The molecule has 0 radical (unpaired) electrons. The Balaban J connectivity index is 2.71. The van der Waals surface area contributed by atoms with Gasteiger partial charge >= 0.3 is 0 Å². The summed E-state index contributed by atoms with van der Waals surface area (Å²) >= 11 is 3.89. The zero-order valence-electron chi connectivity index (χ0n) is 8.66. The molecule has 0 saturated heterocycles. The van der Waals surface area contributed by atoms with Crippen LogP contribution in [0, 0.1) is 13.8 Å². The minimum absolute atomic E-state index is 0.0593. The maximum absolute atomic E-state index is 11.0. The largest absolute Gasteiger partial charge is 0.351 e. The SMILES string of the molecule is Cc1nn(C)c(C)c1CNC(=O)CS. The highest BCUT2D eigenvalue weighted by Crippen LogP contribution is 2.10. The van der Waals surface area contributed by atoms with Gasteiger partial charge in [0.1, 0.15) is 0 Å². The van der Waals surface area contributed by atoms with Gasteiger partial charge in [-0.25, -0.2) is 0 Å². The molecule has 5 heteroatoms. The van der Waals surface area contributed by atoms with Gasteiger partial charge in [0.2, 0.25) is 5.91 Å². The molecule has 1 heterocycles. The molecule has 1 rings (SSSR count). The molecule has 0 atom stereocenters. The number of aromatic nitrogens is 2. The zero-order valence-corrected chi connectivity index (χ0v) is 9.56. The zero-order chi connectivity index (χ0) is 10.7. The smallest absolute Gasteiger partial charge is 0.229 e. The van der Waals surface area contributed by atoms with Crippen molar-refractivity contribution < 1.29 is 4.79 Å². The number of aryl methyl sites for hydroxylation is 2. The number of thiol groups is 1. The second-order valence-electron chi connectivity index (χ2n) is 3.21. The topological polar surface area (TPSA) is 46.9 Å². The lowest BCUT2D eigenvalue weighted by Crippen LogP contribution is -2.24. The van der Waals surface area contributed by atoms with Crippen LogP contribution in [0.4, 0.5) is 0 Å². The highest BCUT2D eigenvalue weighted by Gasteiger charge is 2.09. The van der Waals surface area contributed by atoms with Gasteiger partial charge in [-0.15, -0.1) is 0 Å². The molecule has 0 aromatic carbocycles. The van der Waals surface area contributed by atoms with E-state index in [0.29, 0.717) is 6.54 Å². The van der Waals surface area contributed by atoms with Crippen LogP contribution in [0.1, 0.15) is 17.0 Å². The van der Waals surface area contributed by atoms with E-state index in [1.54, 1.807) is 0 Å². The average molecular weight is 213 g/mol. The fourth-order valence-corrected chi connectivity index (χ4v) is 1.43. The number of nitrogens with zero attached hydrogens (tertiary/aromatic N) is 2. The van der Waals surface area contributed by atoms with Crippen LogP contribution in [0.25, 0.3) is 0 Å². The van der Waals surface area contributed by atoms with Crippen molar-refractivity contribution in [2.45, 2.75) is 20.4 Å². The molecule has 1 aromatic rings. The third-order valence-corrected chi connectivity index (χ3v) is 2.55. The highest BCUT2D eigenvalue weighted by molar-refractivity contribution is 7.81. The maximum Gasteiger partial charge on any atom is 0.229 e. The van der Waals surface area contributed by atoms with E-state index in [2.05, 4.69) is 23.0 Å².